The maximum absolute atomic E-state index is 11.9. The smallest absolute Gasteiger partial charge is 0.233 e. The summed E-state index contributed by atoms with van der Waals surface area (Å²) >= 11 is 5.97. The van der Waals surface area contributed by atoms with Crippen LogP contribution in [0.15, 0.2) is 24.3 Å². The first-order chi connectivity index (χ1) is 10.6. The van der Waals surface area contributed by atoms with E-state index < -0.39 is 0 Å². The van der Waals surface area contributed by atoms with Gasteiger partial charge in [-0.2, -0.15) is 0 Å². The molecule has 2 N–H and O–H groups in total. The summed E-state index contributed by atoms with van der Waals surface area (Å²) in [4.78, 5) is 11.9. The Morgan fingerprint density at radius 2 is 1.83 bits per heavy atom. The Kier molecular flexibility index (Phi) is 11.3. The van der Waals surface area contributed by atoms with E-state index in [0.717, 1.165) is 17.9 Å². The molecule has 6 heteroatoms. The van der Waals surface area contributed by atoms with Crippen LogP contribution in [0.4, 0.5) is 0 Å². The second kappa shape index (κ2) is 11.7. The van der Waals surface area contributed by atoms with Gasteiger partial charge in [-0.15, -0.1) is 12.4 Å². The number of carbonyl (C=O) groups excluding carboxylic acids is 1. The van der Waals surface area contributed by atoms with Crippen molar-refractivity contribution in [3.05, 3.63) is 34.9 Å². The zero-order chi connectivity index (χ0) is 16.4. The highest BCUT2D eigenvalue weighted by Gasteiger charge is 2.28. The van der Waals surface area contributed by atoms with Crippen molar-refractivity contribution in [2.24, 2.45) is 0 Å². The number of methoxy groups -OCH3 is 1. The molecule has 1 rings (SSSR count). The molecule has 0 saturated carbocycles. The number of hydrogen-bond acceptors (Lipinski definition) is 3. The molecule has 4 nitrogen and oxygen atoms in total. The van der Waals surface area contributed by atoms with E-state index >= 15 is 0 Å². The SMILES string of the molecule is CCC(CC)(CNC(=O)CNCCOC)c1ccc(Cl)cc1.Cl. The summed E-state index contributed by atoms with van der Waals surface area (Å²) in [6.07, 6.45) is 1.92. The van der Waals surface area contributed by atoms with Crippen molar-refractivity contribution in [3.63, 3.8) is 0 Å². The highest BCUT2D eigenvalue weighted by molar-refractivity contribution is 6.30. The molecule has 0 saturated heterocycles. The van der Waals surface area contributed by atoms with Gasteiger partial charge in [0.05, 0.1) is 13.2 Å². The van der Waals surface area contributed by atoms with Crippen molar-refractivity contribution in [2.75, 3.05) is 33.4 Å². The average Bonchev–Trinajstić information content (AvgIpc) is 2.54. The lowest BCUT2D eigenvalue weighted by Gasteiger charge is -2.32. The molecule has 0 spiro atoms. The van der Waals surface area contributed by atoms with Crippen LogP contribution in [0.25, 0.3) is 0 Å². The molecule has 0 aliphatic heterocycles. The van der Waals surface area contributed by atoms with Crippen molar-refractivity contribution in [2.45, 2.75) is 32.1 Å². The minimum atomic E-state index is -0.0488. The van der Waals surface area contributed by atoms with E-state index in [1.165, 1.54) is 5.56 Å². The molecule has 0 aliphatic carbocycles. The number of hydrogen-bond donors (Lipinski definition) is 2. The molecule has 23 heavy (non-hydrogen) atoms. The van der Waals surface area contributed by atoms with Gasteiger partial charge in [-0.05, 0) is 30.5 Å². The quantitative estimate of drug-likeness (QED) is 0.628. The lowest BCUT2D eigenvalue weighted by molar-refractivity contribution is -0.120. The molecule has 0 bridgehead atoms. The van der Waals surface area contributed by atoms with Gasteiger partial charge in [-0.1, -0.05) is 37.6 Å². The first kappa shape index (κ1) is 22.2. The van der Waals surface area contributed by atoms with E-state index in [2.05, 4.69) is 36.6 Å². The molecule has 0 atom stereocenters. The van der Waals surface area contributed by atoms with Crippen LogP contribution in [0.5, 0.6) is 0 Å². The maximum Gasteiger partial charge on any atom is 0.233 e. The zero-order valence-corrected chi connectivity index (χ0v) is 15.7. The molecule has 0 aromatic heterocycles. The van der Waals surface area contributed by atoms with E-state index in [9.17, 15) is 4.79 Å². The number of nitrogens with one attached hydrogen (secondary N) is 2. The van der Waals surface area contributed by atoms with Crippen LogP contribution in [0, 0.1) is 0 Å². The predicted molar refractivity (Wildman–Crippen MR) is 98.7 cm³/mol. The van der Waals surface area contributed by atoms with Crippen LogP contribution in [-0.4, -0.2) is 39.3 Å². The molecule has 1 aromatic rings. The molecule has 1 amide bonds. The zero-order valence-electron chi connectivity index (χ0n) is 14.2. The third-order valence-corrected chi connectivity index (χ3v) is 4.45. The van der Waals surface area contributed by atoms with Gasteiger partial charge in [0.2, 0.25) is 5.91 Å². The lowest BCUT2D eigenvalue weighted by Crippen LogP contribution is -2.43. The van der Waals surface area contributed by atoms with Gasteiger partial charge in [0.25, 0.3) is 0 Å². The predicted octanol–water partition coefficient (Wildman–Crippen LogP) is 3.17. The Balaban J connectivity index is 0.00000484. The second-order valence-electron chi connectivity index (χ2n) is 5.44. The summed E-state index contributed by atoms with van der Waals surface area (Å²) in [5, 5.41) is 6.82. The van der Waals surface area contributed by atoms with Crippen molar-refractivity contribution in [3.8, 4) is 0 Å². The van der Waals surface area contributed by atoms with Gasteiger partial charge >= 0.3 is 0 Å². The van der Waals surface area contributed by atoms with E-state index in [-0.39, 0.29) is 23.7 Å². The highest BCUT2D eigenvalue weighted by Crippen LogP contribution is 2.31. The fourth-order valence-corrected chi connectivity index (χ4v) is 2.65. The van der Waals surface area contributed by atoms with E-state index in [1.54, 1.807) is 7.11 Å². The Morgan fingerprint density at radius 3 is 2.35 bits per heavy atom. The summed E-state index contributed by atoms with van der Waals surface area (Å²) in [5.41, 5.74) is 1.17. The van der Waals surface area contributed by atoms with Crippen LogP contribution in [-0.2, 0) is 14.9 Å². The summed E-state index contributed by atoms with van der Waals surface area (Å²) in [7, 11) is 1.64. The van der Waals surface area contributed by atoms with Crippen molar-refractivity contribution in [1.29, 1.82) is 0 Å². The van der Waals surface area contributed by atoms with Crippen molar-refractivity contribution >= 4 is 29.9 Å². The molecule has 0 fully saturated rings. The van der Waals surface area contributed by atoms with Crippen LogP contribution in [0.3, 0.4) is 0 Å². The fraction of sp³-hybridized carbons (Fsp3) is 0.588. The van der Waals surface area contributed by atoms with Crippen LogP contribution in [0.2, 0.25) is 5.02 Å². The van der Waals surface area contributed by atoms with E-state index in [1.807, 2.05) is 12.1 Å². The van der Waals surface area contributed by atoms with Crippen LogP contribution < -0.4 is 10.6 Å². The Bertz CT molecular complexity index is 448. The van der Waals surface area contributed by atoms with E-state index in [4.69, 9.17) is 16.3 Å². The summed E-state index contributed by atoms with van der Waals surface area (Å²) in [6, 6.07) is 7.92. The normalized spacial score (nSPS) is 11.0. The standard InChI is InChI=1S/C17H27ClN2O2.ClH/c1-4-17(5-2,14-6-8-15(18)9-7-14)13-20-16(21)12-19-10-11-22-3;/h6-9,19H,4-5,10-13H2,1-3H3,(H,20,21);1H. The first-order valence-electron chi connectivity index (χ1n) is 7.80. The van der Waals surface area contributed by atoms with Gasteiger partial charge in [0.15, 0.2) is 0 Å². The van der Waals surface area contributed by atoms with Gasteiger partial charge in [-0.3, -0.25) is 4.79 Å². The monoisotopic (exact) mass is 362 g/mol. The van der Waals surface area contributed by atoms with Crippen LogP contribution in [0.1, 0.15) is 32.3 Å². The highest BCUT2D eigenvalue weighted by atomic mass is 35.5. The van der Waals surface area contributed by atoms with Gasteiger partial charge in [-0.25, -0.2) is 0 Å². The summed E-state index contributed by atoms with van der Waals surface area (Å²) in [6.45, 7) is 6.53. The largest absolute Gasteiger partial charge is 0.383 e. The maximum atomic E-state index is 11.9. The molecule has 132 valence electrons. The Labute approximate surface area is 150 Å². The summed E-state index contributed by atoms with van der Waals surface area (Å²) in [5.74, 6) is 0.0105. The van der Waals surface area contributed by atoms with Gasteiger partial charge in [0, 0.05) is 30.6 Å². The number of carbonyl (C=O) groups is 1. The number of benzene rings is 1. The first-order valence-corrected chi connectivity index (χ1v) is 8.18. The second-order valence-corrected chi connectivity index (χ2v) is 5.88. The van der Waals surface area contributed by atoms with Gasteiger partial charge in [0.1, 0.15) is 0 Å². The lowest BCUT2D eigenvalue weighted by atomic mass is 9.76. The fourth-order valence-electron chi connectivity index (χ4n) is 2.52. The molecule has 0 unspecified atom stereocenters. The minimum absolute atomic E-state index is 0. The number of amides is 1. The van der Waals surface area contributed by atoms with Gasteiger partial charge < -0.3 is 15.4 Å². The molecule has 0 radical (unpaired) electrons. The number of halogens is 2. The van der Waals surface area contributed by atoms with E-state index in [0.29, 0.717) is 26.2 Å². The molecular weight excluding hydrogens is 335 g/mol. The summed E-state index contributed by atoms with van der Waals surface area (Å²) < 4.78 is 4.94. The van der Waals surface area contributed by atoms with Crippen LogP contribution >= 0.6 is 24.0 Å². The van der Waals surface area contributed by atoms with Crippen molar-refractivity contribution in [1.82, 2.24) is 10.6 Å². The average molecular weight is 363 g/mol. The molecule has 0 heterocycles. The third kappa shape index (κ3) is 7.08. The Hall–Kier alpha value is -0.810. The number of ether oxygens (including phenoxy) is 1. The molecular formula is C17H28Cl2N2O2. The molecule has 0 aliphatic rings. The Morgan fingerprint density at radius 1 is 1.22 bits per heavy atom. The van der Waals surface area contributed by atoms with Crippen molar-refractivity contribution < 1.29 is 9.53 Å². The molecule has 1 aromatic carbocycles. The third-order valence-electron chi connectivity index (χ3n) is 4.20. The number of rotatable bonds is 10. The minimum Gasteiger partial charge on any atom is -0.383 e. The topological polar surface area (TPSA) is 50.4 Å².